The highest BCUT2D eigenvalue weighted by Gasteiger charge is 2.30. The highest BCUT2D eigenvalue weighted by Crippen LogP contribution is 2.34. The number of hydrogen-bond acceptors (Lipinski definition) is 5. The van der Waals surface area contributed by atoms with Crippen molar-refractivity contribution in [3.05, 3.63) is 70.8 Å². The maximum absolute atomic E-state index is 12.3. The molecule has 0 aliphatic carbocycles. The second kappa shape index (κ2) is 9.65. The van der Waals surface area contributed by atoms with Gasteiger partial charge in [0.15, 0.2) is 0 Å². The molecule has 0 bridgehead atoms. The van der Waals surface area contributed by atoms with Crippen LogP contribution in [0.3, 0.4) is 0 Å². The second-order valence-corrected chi connectivity index (χ2v) is 7.98. The van der Waals surface area contributed by atoms with E-state index in [2.05, 4.69) is 27.5 Å². The van der Waals surface area contributed by atoms with Gasteiger partial charge in [0.25, 0.3) is 0 Å². The standard InChI is InChI=1S/C24H26N6O.CH4/c1-4-21-24(31)28-23-16(2)27-20(11-22(23)29(21)3)9-8-19-13-26-30(15-19)14-18-7-5-6-17(10-18)12-25;/h5-7,10-11,13,15,21H,4,8-9,14H2,1-3H3,(H,28,31);1H4/t21-;/m0./s1. The number of hydrogen-bond donors (Lipinski definition) is 1. The first-order valence-electron chi connectivity index (χ1n) is 10.5. The third-order valence-electron chi connectivity index (χ3n) is 5.77. The van der Waals surface area contributed by atoms with Crippen molar-refractivity contribution >= 4 is 17.3 Å². The number of carbonyl (C=O) groups is 1. The highest BCUT2D eigenvalue weighted by atomic mass is 16.2. The van der Waals surface area contributed by atoms with Crippen LogP contribution in [0.5, 0.6) is 0 Å². The Labute approximate surface area is 189 Å². The number of anilines is 2. The Morgan fingerprint density at radius 1 is 1.22 bits per heavy atom. The van der Waals surface area contributed by atoms with Gasteiger partial charge in [0.05, 0.1) is 41.4 Å². The molecule has 1 atom stereocenters. The Bertz CT molecular complexity index is 1160. The van der Waals surface area contributed by atoms with Gasteiger partial charge in [-0.05, 0) is 55.5 Å². The van der Waals surface area contributed by atoms with E-state index in [0.717, 1.165) is 53.2 Å². The molecule has 0 saturated heterocycles. The van der Waals surface area contributed by atoms with Crippen LogP contribution < -0.4 is 10.2 Å². The summed E-state index contributed by atoms with van der Waals surface area (Å²) in [7, 11) is 1.97. The number of aromatic nitrogens is 3. The molecular weight excluding hydrogens is 400 g/mol. The zero-order valence-electron chi connectivity index (χ0n) is 18.1. The molecule has 7 nitrogen and oxygen atoms in total. The van der Waals surface area contributed by atoms with Gasteiger partial charge in [-0.2, -0.15) is 10.4 Å². The highest BCUT2D eigenvalue weighted by molar-refractivity contribution is 6.04. The second-order valence-electron chi connectivity index (χ2n) is 7.98. The van der Waals surface area contributed by atoms with Crippen molar-refractivity contribution in [1.29, 1.82) is 5.26 Å². The zero-order valence-corrected chi connectivity index (χ0v) is 18.1. The minimum absolute atomic E-state index is 0. The number of nitrogens with one attached hydrogen (secondary N) is 1. The van der Waals surface area contributed by atoms with Crippen LogP contribution in [-0.2, 0) is 24.2 Å². The third kappa shape index (κ3) is 4.65. The molecule has 1 aliphatic rings. The van der Waals surface area contributed by atoms with Gasteiger partial charge in [-0.3, -0.25) is 14.5 Å². The summed E-state index contributed by atoms with van der Waals surface area (Å²) in [6, 6.07) is 11.7. The smallest absolute Gasteiger partial charge is 0.247 e. The molecule has 1 amide bonds. The first kappa shape index (κ1) is 23.0. The molecule has 0 saturated carbocycles. The minimum atomic E-state index is -0.153. The fourth-order valence-electron chi connectivity index (χ4n) is 4.11. The predicted octanol–water partition coefficient (Wildman–Crippen LogP) is 4.09. The first-order chi connectivity index (χ1) is 15.0. The van der Waals surface area contributed by atoms with E-state index in [1.165, 1.54) is 0 Å². The lowest BCUT2D eigenvalue weighted by atomic mass is 10.0. The topological polar surface area (TPSA) is 86.8 Å². The Balaban J connectivity index is 0.00000289. The Morgan fingerprint density at radius 3 is 2.78 bits per heavy atom. The quantitative estimate of drug-likeness (QED) is 0.636. The Morgan fingerprint density at radius 2 is 2.03 bits per heavy atom. The van der Waals surface area contributed by atoms with Gasteiger partial charge >= 0.3 is 0 Å². The molecule has 3 heterocycles. The normalized spacial score (nSPS) is 14.9. The van der Waals surface area contributed by atoms with E-state index in [4.69, 9.17) is 10.2 Å². The van der Waals surface area contributed by atoms with E-state index in [-0.39, 0.29) is 19.4 Å². The molecule has 0 fully saturated rings. The lowest BCUT2D eigenvalue weighted by Gasteiger charge is -2.35. The van der Waals surface area contributed by atoms with Gasteiger partial charge < -0.3 is 10.2 Å². The molecule has 4 rings (SSSR count). The van der Waals surface area contributed by atoms with E-state index in [9.17, 15) is 4.79 Å². The van der Waals surface area contributed by atoms with Crippen LogP contribution in [0.25, 0.3) is 0 Å². The predicted molar refractivity (Wildman–Crippen MR) is 127 cm³/mol. The molecule has 1 aliphatic heterocycles. The molecule has 2 aromatic heterocycles. The number of fused-ring (bicyclic) bond motifs is 1. The monoisotopic (exact) mass is 430 g/mol. The molecule has 0 radical (unpaired) electrons. The molecule has 1 aromatic carbocycles. The average molecular weight is 431 g/mol. The summed E-state index contributed by atoms with van der Waals surface area (Å²) in [4.78, 5) is 19.1. The number of pyridine rings is 1. The van der Waals surface area contributed by atoms with Crippen LogP contribution in [-0.4, -0.2) is 33.8 Å². The lowest BCUT2D eigenvalue weighted by molar-refractivity contribution is -0.117. The maximum Gasteiger partial charge on any atom is 0.247 e. The average Bonchev–Trinajstić information content (AvgIpc) is 3.21. The fraction of sp³-hybridized carbons (Fsp3) is 0.360. The van der Waals surface area contributed by atoms with E-state index in [0.29, 0.717) is 12.1 Å². The molecule has 7 heteroatoms. The van der Waals surface area contributed by atoms with Crippen molar-refractivity contribution in [3.63, 3.8) is 0 Å². The van der Waals surface area contributed by atoms with Crippen LogP contribution in [0.1, 0.15) is 48.8 Å². The number of aryl methyl sites for hydroxylation is 3. The molecule has 0 unspecified atom stereocenters. The Hall–Kier alpha value is -3.66. The minimum Gasteiger partial charge on any atom is -0.361 e. The molecule has 0 spiro atoms. The summed E-state index contributed by atoms with van der Waals surface area (Å²) in [6.07, 6.45) is 6.32. The van der Waals surface area contributed by atoms with Crippen LogP contribution in [0, 0.1) is 18.3 Å². The number of likely N-dealkylation sites (N-methyl/N-ethyl adjacent to an activating group) is 1. The van der Waals surface area contributed by atoms with Gasteiger partial charge in [0.1, 0.15) is 6.04 Å². The molecule has 1 N–H and O–H groups in total. The van der Waals surface area contributed by atoms with Gasteiger partial charge in [0.2, 0.25) is 5.91 Å². The summed E-state index contributed by atoms with van der Waals surface area (Å²) in [5, 5.41) is 16.5. The van der Waals surface area contributed by atoms with Crippen LogP contribution >= 0.6 is 0 Å². The van der Waals surface area contributed by atoms with E-state index < -0.39 is 0 Å². The number of nitriles is 1. The van der Waals surface area contributed by atoms with Crippen molar-refractivity contribution in [2.75, 3.05) is 17.3 Å². The van der Waals surface area contributed by atoms with Gasteiger partial charge in [-0.25, -0.2) is 0 Å². The summed E-state index contributed by atoms with van der Waals surface area (Å²) >= 11 is 0. The Kier molecular flexibility index (Phi) is 6.94. The van der Waals surface area contributed by atoms with Crippen molar-refractivity contribution in [2.45, 2.75) is 53.1 Å². The van der Waals surface area contributed by atoms with E-state index >= 15 is 0 Å². The zero-order chi connectivity index (χ0) is 22.0. The van der Waals surface area contributed by atoms with Crippen molar-refractivity contribution in [3.8, 4) is 6.07 Å². The maximum atomic E-state index is 12.3. The van der Waals surface area contributed by atoms with Crippen molar-refractivity contribution < 1.29 is 4.79 Å². The summed E-state index contributed by atoms with van der Waals surface area (Å²) in [5.74, 6) is 0.0304. The van der Waals surface area contributed by atoms with E-state index in [1.807, 2.05) is 56.2 Å². The number of amides is 1. The lowest BCUT2D eigenvalue weighted by Crippen LogP contribution is -2.46. The van der Waals surface area contributed by atoms with Crippen LogP contribution in [0.2, 0.25) is 0 Å². The third-order valence-corrected chi connectivity index (χ3v) is 5.77. The fourth-order valence-corrected chi connectivity index (χ4v) is 4.11. The van der Waals surface area contributed by atoms with Crippen LogP contribution in [0.4, 0.5) is 11.4 Å². The van der Waals surface area contributed by atoms with Crippen molar-refractivity contribution in [2.24, 2.45) is 0 Å². The van der Waals surface area contributed by atoms with Gasteiger partial charge in [-0.1, -0.05) is 26.5 Å². The van der Waals surface area contributed by atoms with E-state index in [1.54, 1.807) is 6.07 Å². The largest absolute Gasteiger partial charge is 0.361 e. The molecule has 166 valence electrons. The molecule has 3 aromatic rings. The van der Waals surface area contributed by atoms with Crippen LogP contribution in [0.15, 0.2) is 42.7 Å². The first-order valence-corrected chi connectivity index (χ1v) is 10.5. The number of carbonyl (C=O) groups excluding carboxylic acids is 1. The molecular formula is C25H30N6O. The van der Waals surface area contributed by atoms with Crippen molar-refractivity contribution in [1.82, 2.24) is 14.8 Å². The summed E-state index contributed by atoms with van der Waals surface area (Å²) < 4.78 is 1.90. The summed E-state index contributed by atoms with van der Waals surface area (Å²) in [5.41, 5.74) is 6.54. The SMILES string of the molecule is C.CC[C@H]1C(=O)Nc2c(cc(CCc3cnn(Cc4cccc(C#N)c4)c3)nc2C)N1C. The number of benzene rings is 1. The molecule has 32 heavy (non-hydrogen) atoms. The number of nitrogens with zero attached hydrogens (tertiary/aromatic N) is 5. The summed E-state index contributed by atoms with van der Waals surface area (Å²) in [6.45, 7) is 4.60. The van der Waals surface area contributed by atoms with Gasteiger partial charge in [-0.15, -0.1) is 0 Å². The number of rotatable bonds is 6. The van der Waals surface area contributed by atoms with Gasteiger partial charge in [0, 0.05) is 18.9 Å².